The van der Waals surface area contributed by atoms with E-state index in [9.17, 15) is 4.79 Å². The maximum absolute atomic E-state index is 11.8. The number of hydrogen-bond donors (Lipinski definition) is 1. The zero-order valence-electron chi connectivity index (χ0n) is 9.89. The minimum atomic E-state index is 0.127. The van der Waals surface area contributed by atoms with E-state index in [1.54, 1.807) is 11.3 Å². The number of nitrogens with zero attached hydrogens (tertiary/aromatic N) is 1. The Morgan fingerprint density at radius 2 is 2.35 bits per heavy atom. The van der Waals surface area contributed by atoms with Gasteiger partial charge in [-0.15, -0.1) is 11.3 Å². The quantitative estimate of drug-likeness (QED) is 0.870. The second-order valence-electron chi connectivity index (χ2n) is 4.97. The summed E-state index contributed by atoms with van der Waals surface area (Å²) in [6, 6.07) is 4.15. The monoisotopic (exact) mass is 250 g/mol. The molecular formula is C13H18N2OS. The van der Waals surface area contributed by atoms with Crippen molar-refractivity contribution >= 4 is 17.2 Å². The molecule has 1 saturated heterocycles. The molecule has 3 nitrogen and oxygen atoms in total. The summed E-state index contributed by atoms with van der Waals surface area (Å²) in [6.45, 7) is 1.40. The van der Waals surface area contributed by atoms with Crippen molar-refractivity contribution in [3.05, 3.63) is 22.4 Å². The van der Waals surface area contributed by atoms with Crippen LogP contribution < -0.4 is 5.32 Å². The molecule has 1 unspecified atom stereocenters. The summed E-state index contributed by atoms with van der Waals surface area (Å²) in [5.41, 5.74) is 0. The SMILES string of the molecule is O=C1CNC(c2cccs2)N1CCCC1CC1. The molecule has 92 valence electrons. The van der Waals surface area contributed by atoms with E-state index < -0.39 is 0 Å². The summed E-state index contributed by atoms with van der Waals surface area (Å²) in [5, 5.41) is 5.37. The van der Waals surface area contributed by atoms with Gasteiger partial charge < -0.3 is 4.90 Å². The second-order valence-corrected chi connectivity index (χ2v) is 5.95. The topological polar surface area (TPSA) is 32.3 Å². The maximum atomic E-state index is 11.8. The second kappa shape index (κ2) is 4.78. The highest BCUT2D eigenvalue weighted by molar-refractivity contribution is 7.10. The Hall–Kier alpha value is -0.870. The lowest BCUT2D eigenvalue weighted by Gasteiger charge is -2.23. The van der Waals surface area contributed by atoms with Crippen LogP contribution in [0.4, 0.5) is 0 Å². The van der Waals surface area contributed by atoms with Crippen LogP contribution in [0.1, 0.15) is 36.7 Å². The molecule has 2 fully saturated rings. The molecule has 1 N–H and O–H groups in total. The molecule has 1 aliphatic heterocycles. The fourth-order valence-electron chi connectivity index (χ4n) is 2.45. The van der Waals surface area contributed by atoms with Crippen molar-refractivity contribution in [2.45, 2.75) is 31.8 Å². The summed E-state index contributed by atoms with van der Waals surface area (Å²) in [4.78, 5) is 15.1. The van der Waals surface area contributed by atoms with Crippen molar-refractivity contribution in [3.8, 4) is 0 Å². The van der Waals surface area contributed by atoms with Gasteiger partial charge in [0.1, 0.15) is 6.17 Å². The first-order valence-corrected chi connectivity index (χ1v) is 7.29. The molecule has 1 amide bonds. The van der Waals surface area contributed by atoms with Gasteiger partial charge in [-0.05, 0) is 30.2 Å². The molecule has 0 bridgehead atoms. The van der Waals surface area contributed by atoms with E-state index in [-0.39, 0.29) is 12.1 Å². The van der Waals surface area contributed by atoms with Gasteiger partial charge in [0.15, 0.2) is 0 Å². The van der Waals surface area contributed by atoms with Crippen LogP contribution in [0.15, 0.2) is 17.5 Å². The fourth-order valence-corrected chi connectivity index (χ4v) is 3.26. The lowest BCUT2D eigenvalue weighted by molar-refractivity contribution is -0.128. The van der Waals surface area contributed by atoms with E-state index in [0.29, 0.717) is 6.54 Å². The molecule has 3 rings (SSSR count). The first-order valence-electron chi connectivity index (χ1n) is 6.41. The van der Waals surface area contributed by atoms with Crippen molar-refractivity contribution in [2.75, 3.05) is 13.1 Å². The molecule has 2 heterocycles. The van der Waals surface area contributed by atoms with Gasteiger partial charge in [0, 0.05) is 11.4 Å². The van der Waals surface area contributed by atoms with Gasteiger partial charge in [-0.1, -0.05) is 18.9 Å². The normalized spacial score (nSPS) is 24.6. The smallest absolute Gasteiger partial charge is 0.238 e. The molecule has 1 aromatic rings. The Kier molecular flexibility index (Phi) is 3.16. The highest BCUT2D eigenvalue weighted by Crippen LogP contribution is 2.34. The predicted molar refractivity (Wildman–Crippen MR) is 68.7 cm³/mol. The number of nitrogens with one attached hydrogen (secondary N) is 1. The molecule has 2 aliphatic rings. The third-order valence-electron chi connectivity index (χ3n) is 3.60. The molecule has 1 aromatic heterocycles. The van der Waals surface area contributed by atoms with E-state index in [4.69, 9.17) is 0 Å². The molecule has 1 saturated carbocycles. The van der Waals surface area contributed by atoms with Gasteiger partial charge in [0.2, 0.25) is 5.91 Å². The van der Waals surface area contributed by atoms with Gasteiger partial charge in [-0.2, -0.15) is 0 Å². The Balaban J connectivity index is 1.60. The average Bonchev–Trinajstić information content (AvgIpc) is 2.85. The van der Waals surface area contributed by atoms with Crippen molar-refractivity contribution < 1.29 is 4.79 Å². The van der Waals surface area contributed by atoms with Gasteiger partial charge in [0.05, 0.1) is 6.54 Å². The number of carbonyl (C=O) groups is 1. The molecular weight excluding hydrogens is 232 g/mol. The Morgan fingerprint density at radius 3 is 3.06 bits per heavy atom. The van der Waals surface area contributed by atoms with Crippen LogP contribution in [-0.2, 0) is 4.79 Å². The maximum Gasteiger partial charge on any atom is 0.238 e. The molecule has 0 radical (unpaired) electrons. The van der Waals surface area contributed by atoms with Gasteiger partial charge in [-0.3, -0.25) is 10.1 Å². The first kappa shape index (κ1) is 11.2. The largest absolute Gasteiger partial charge is 0.321 e. The Morgan fingerprint density at radius 1 is 1.47 bits per heavy atom. The standard InChI is InChI=1S/C13H18N2OS/c16-12-9-14-13(11-4-2-8-17-11)15(12)7-1-3-10-5-6-10/h2,4,8,10,13-14H,1,3,5-7,9H2. The molecule has 0 spiro atoms. The number of amides is 1. The average molecular weight is 250 g/mol. The van der Waals surface area contributed by atoms with Crippen LogP contribution in [0.5, 0.6) is 0 Å². The highest BCUT2D eigenvalue weighted by atomic mass is 32.1. The number of rotatable bonds is 5. The van der Waals surface area contributed by atoms with E-state index in [1.807, 2.05) is 11.0 Å². The minimum absolute atomic E-state index is 0.127. The van der Waals surface area contributed by atoms with Crippen LogP contribution in [-0.4, -0.2) is 23.9 Å². The fraction of sp³-hybridized carbons (Fsp3) is 0.615. The third kappa shape index (κ3) is 2.53. The van der Waals surface area contributed by atoms with Crippen molar-refractivity contribution in [2.24, 2.45) is 5.92 Å². The zero-order chi connectivity index (χ0) is 11.7. The number of thiophene rings is 1. The lowest BCUT2D eigenvalue weighted by atomic mass is 10.2. The van der Waals surface area contributed by atoms with Crippen molar-refractivity contribution in [1.29, 1.82) is 0 Å². The number of carbonyl (C=O) groups excluding carboxylic acids is 1. The Bertz CT molecular complexity index is 386. The van der Waals surface area contributed by atoms with E-state index in [1.165, 1.54) is 24.1 Å². The molecule has 1 atom stereocenters. The van der Waals surface area contributed by atoms with Crippen molar-refractivity contribution in [3.63, 3.8) is 0 Å². The summed E-state index contributed by atoms with van der Waals surface area (Å²) in [5.74, 6) is 1.21. The molecule has 4 heteroatoms. The van der Waals surface area contributed by atoms with Crippen LogP contribution >= 0.6 is 11.3 Å². The third-order valence-corrected chi connectivity index (χ3v) is 4.52. The van der Waals surface area contributed by atoms with Crippen LogP contribution in [0.3, 0.4) is 0 Å². The van der Waals surface area contributed by atoms with E-state index in [0.717, 1.165) is 18.9 Å². The van der Waals surface area contributed by atoms with Crippen LogP contribution in [0, 0.1) is 5.92 Å². The van der Waals surface area contributed by atoms with Gasteiger partial charge >= 0.3 is 0 Å². The molecule has 0 aromatic carbocycles. The predicted octanol–water partition coefficient (Wildman–Crippen LogP) is 2.37. The minimum Gasteiger partial charge on any atom is -0.321 e. The lowest BCUT2D eigenvalue weighted by Crippen LogP contribution is -2.30. The summed E-state index contributed by atoms with van der Waals surface area (Å²) >= 11 is 1.72. The van der Waals surface area contributed by atoms with E-state index >= 15 is 0 Å². The van der Waals surface area contributed by atoms with E-state index in [2.05, 4.69) is 16.8 Å². The van der Waals surface area contributed by atoms with Crippen LogP contribution in [0.2, 0.25) is 0 Å². The van der Waals surface area contributed by atoms with Crippen LogP contribution in [0.25, 0.3) is 0 Å². The summed E-state index contributed by atoms with van der Waals surface area (Å²) in [7, 11) is 0. The molecule has 1 aliphatic carbocycles. The summed E-state index contributed by atoms with van der Waals surface area (Å²) in [6.07, 6.45) is 5.38. The van der Waals surface area contributed by atoms with Crippen molar-refractivity contribution in [1.82, 2.24) is 10.2 Å². The Labute approximate surface area is 106 Å². The molecule has 17 heavy (non-hydrogen) atoms. The highest BCUT2D eigenvalue weighted by Gasteiger charge is 2.32. The zero-order valence-corrected chi connectivity index (χ0v) is 10.7. The number of hydrogen-bond acceptors (Lipinski definition) is 3. The first-order chi connectivity index (χ1) is 8.34. The van der Waals surface area contributed by atoms with Gasteiger partial charge in [-0.25, -0.2) is 0 Å². The summed E-state index contributed by atoms with van der Waals surface area (Å²) < 4.78 is 0. The van der Waals surface area contributed by atoms with Gasteiger partial charge in [0.25, 0.3) is 0 Å².